The van der Waals surface area contributed by atoms with E-state index >= 15 is 0 Å². The largest absolute Gasteiger partial charge is 0.392 e. The number of hydrogen-bond donors (Lipinski definition) is 1. The Morgan fingerprint density at radius 1 is 1.50 bits per heavy atom. The highest BCUT2D eigenvalue weighted by molar-refractivity contribution is 7.91. The molecule has 0 saturated carbocycles. The molecule has 1 aliphatic rings. The van der Waals surface area contributed by atoms with E-state index in [2.05, 4.69) is 13.8 Å². The standard InChI is InChI=1S/C12H19NO3S2/c1-12(2)4-3-5-13(9-12)18(15,16)11-6-10(7-14)8-17-11/h6,8,14H,3-5,7,9H2,1-2H3. The van der Waals surface area contributed by atoms with Crippen LogP contribution in [0.3, 0.4) is 0 Å². The van der Waals surface area contributed by atoms with E-state index in [0.29, 0.717) is 22.9 Å². The molecule has 6 heteroatoms. The first kappa shape index (κ1) is 14.0. The molecule has 1 aromatic rings. The zero-order chi connectivity index (χ0) is 13.4. The van der Waals surface area contributed by atoms with Crippen molar-refractivity contribution in [1.82, 2.24) is 4.31 Å². The number of hydrogen-bond acceptors (Lipinski definition) is 4. The number of nitrogens with zero attached hydrogens (tertiary/aromatic N) is 1. The van der Waals surface area contributed by atoms with Crippen LogP contribution in [0.15, 0.2) is 15.7 Å². The van der Waals surface area contributed by atoms with Crippen molar-refractivity contribution < 1.29 is 13.5 Å². The zero-order valence-electron chi connectivity index (χ0n) is 10.7. The molecule has 1 saturated heterocycles. The van der Waals surface area contributed by atoms with Crippen molar-refractivity contribution >= 4 is 21.4 Å². The van der Waals surface area contributed by atoms with E-state index in [0.717, 1.165) is 12.8 Å². The molecule has 18 heavy (non-hydrogen) atoms. The third-order valence-corrected chi connectivity index (χ3v) is 6.58. The monoisotopic (exact) mass is 289 g/mol. The maximum absolute atomic E-state index is 12.5. The second kappa shape index (κ2) is 4.92. The second-order valence-corrected chi connectivity index (χ2v) is 8.61. The minimum Gasteiger partial charge on any atom is -0.392 e. The van der Waals surface area contributed by atoms with E-state index in [-0.39, 0.29) is 12.0 Å². The third-order valence-electron chi connectivity index (χ3n) is 3.27. The van der Waals surface area contributed by atoms with E-state index in [9.17, 15) is 8.42 Å². The van der Waals surface area contributed by atoms with Crippen molar-refractivity contribution in [3.8, 4) is 0 Å². The highest BCUT2D eigenvalue weighted by Crippen LogP contribution is 2.33. The summed E-state index contributed by atoms with van der Waals surface area (Å²) in [7, 11) is -3.38. The summed E-state index contributed by atoms with van der Waals surface area (Å²) in [4.78, 5) is 0. The number of sulfonamides is 1. The lowest BCUT2D eigenvalue weighted by molar-refractivity contribution is 0.187. The SMILES string of the molecule is CC1(C)CCCN(S(=O)(=O)c2cc(CO)cs2)C1. The van der Waals surface area contributed by atoms with Gasteiger partial charge in [0.2, 0.25) is 0 Å². The van der Waals surface area contributed by atoms with Crippen molar-refractivity contribution in [2.24, 2.45) is 5.41 Å². The number of rotatable bonds is 3. The molecule has 1 aliphatic heterocycles. The van der Waals surface area contributed by atoms with Gasteiger partial charge in [0, 0.05) is 13.1 Å². The summed E-state index contributed by atoms with van der Waals surface area (Å²) < 4.78 is 26.8. The van der Waals surface area contributed by atoms with Crippen LogP contribution in [0.5, 0.6) is 0 Å². The van der Waals surface area contributed by atoms with Gasteiger partial charge in [-0.15, -0.1) is 11.3 Å². The fraction of sp³-hybridized carbons (Fsp3) is 0.667. The van der Waals surface area contributed by atoms with Crippen molar-refractivity contribution in [2.75, 3.05) is 13.1 Å². The van der Waals surface area contributed by atoms with Crippen LogP contribution >= 0.6 is 11.3 Å². The fourth-order valence-electron chi connectivity index (χ4n) is 2.27. The lowest BCUT2D eigenvalue weighted by Crippen LogP contribution is -2.43. The first-order valence-electron chi connectivity index (χ1n) is 6.04. The highest BCUT2D eigenvalue weighted by Gasteiger charge is 2.34. The molecule has 0 radical (unpaired) electrons. The Balaban J connectivity index is 2.25. The van der Waals surface area contributed by atoms with Crippen molar-refractivity contribution in [3.63, 3.8) is 0 Å². The van der Waals surface area contributed by atoms with Gasteiger partial charge in [-0.25, -0.2) is 8.42 Å². The van der Waals surface area contributed by atoms with Crippen LogP contribution in [0, 0.1) is 5.41 Å². The Hall–Kier alpha value is -0.430. The Morgan fingerprint density at radius 2 is 2.22 bits per heavy atom. The number of aliphatic hydroxyl groups excluding tert-OH is 1. The minimum atomic E-state index is -3.38. The predicted molar refractivity (Wildman–Crippen MR) is 72.0 cm³/mol. The Kier molecular flexibility index (Phi) is 3.82. The van der Waals surface area contributed by atoms with Gasteiger partial charge in [-0.1, -0.05) is 13.8 Å². The van der Waals surface area contributed by atoms with E-state index in [1.165, 1.54) is 11.3 Å². The van der Waals surface area contributed by atoms with E-state index < -0.39 is 10.0 Å². The van der Waals surface area contributed by atoms with E-state index in [4.69, 9.17) is 5.11 Å². The molecule has 1 N–H and O–H groups in total. The first-order chi connectivity index (χ1) is 8.35. The van der Waals surface area contributed by atoms with Crippen LogP contribution < -0.4 is 0 Å². The third kappa shape index (κ3) is 2.77. The lowest BCUT2D eigenvalue weighted by atomic mass is 9.85. The van der Waals surface area contributed by atoms with Crippen LogP contribution in [0.25, 0.3) is 0 Å². The summed E-state index contributed by atoms with van der Waals surface area (Å²) >= 11 is 1.19. The molecule has 0 spiro atoms. The molecule has 0 aromatic carbocycles. The van der Waals surface area contributed by atoms with Gasteiger partial charge in [0.1, 0.15) is 4.21 Å². The van der Waals surface area contributed by atoms with Crippen molar-refractivity contribution in [3.05, 3.63) is 17.0 Å². The first-order valence-corrected chi connectivity index (χ1v) is 8.35. The van der Waals surface area contributed by atoms with Crippen LogP contribution in [-0.2, 0) is 16.6 Å². The van der Waals surface area contributed by atoms with Gasteiger partial charge in [0.25, 0.3) is 10.0 Å². The topological polar surface area (TPSA) is 57.6 Å². The molecule has 0 aliphatic carbocycles. The fourth-order valence-corrected chi connectivity index (χ4v) is 5.29. The molecule has 2 rings (SSSR count). The highest BCUT2D eigenvalue weighted by atomic mass is 32.2. The molecule has 0 amide bonds. The molecule has 0 unspecified atom stereocenters. The molecule has 1 aromatic heterocycles. The number of aliphatic hydroxyl groups is 1. The molecule has 2 heterocycles. The van der Waals surface area contributed by atoms with Gasteiger partial charge in [0.05, 0.1) is 6.61 Å². The van der Waals surface area contributed by atoms with Crippen LogP contribution in [-0.4, -0.2) is 30.9 Å². The van der Waals surface area contributed by atoms with Gasteiger partial charge in [-0.05, 0) is 35.3 Å². The molecule has 4 nitrogen and oxygen atoms in total. The summed E-state index contributed by atoms with van der Waals surface area (Å²) in [5.74, 6) is 0. The number of thiophene rings is 1. The maximum Gasteiger partial charge on any atom is 0.252 e. The average molecular weight is 289 g/mol. The molecule has 0 atom stereocenters. The normalized spacial score (nSPS) is 21.1. The Labute approximate surface area is 112 Å². The summed E-state index contributed by atoms with van der Waals surface area (Å²) in [5.41, 5.74) is 0.706. The molecule has 0 bridgehead atoms. The van der Waals surface area contributed by atoms with Crippen molar-refractivity contribution in [2.45, 2.75) is 37.5 Å². The van der Waals surface area contributed by atoms with Crippen LogP contribution in [0.1, 0.15) is 32.3 Å². The minimum absolute atomic E-state index is 0.0440. The quantitative estimate of drug-likeness (QED) is 0.926. The second-order valence-electron chi connectivity index (χ2n) is 5.54. The zero-order valence-corrected chi connectivity index (χ0v) is 12.4. The smallest absolute Gasteiger partial charge is 0.252 e. The lowest BCUT2D eigenvalue weighted by Gasteiger charge is -2.36. The summed E-state index contributed by atoms with van der Waals surface area (Å²) in [6.45, 7) is 5.25. The van der Waals surface area contributed by atoms with E-state index in [1.54, 1.807) is 15.8 Å². The van der Waals surface area contributed by atoms with Gasteiger partial charge in [0.15, 0.2) is 0 Å². The average Bonchev–Trinajstić information content (AvgIpc) is 2.76. The summed E-state index contributed by atoms with van der Waals surface area (Å²) in [6.07, 6.45) is 1.97. The van der Waals surface area contributed by atoms with Crippen LogP contribution in [0.4, 0.5) is 0 Å². The summed E-state index contributed by atoms with van der Waals surface area (Å²) in [5, 5.41) is 10.7. The van der Waals surface area contributed by atoms with Gasteiger partial charge < -0.3 is 5.11 Å². The number of piperidine rings is 1. The Bertz CT molecular complexity index is 519. The molecular formula is C12H19NO3S2. The van der Waals surface area contributed by atoms with Gasteiger partial charge in [-0.2, -0.15) is 4.31 Å². The summed E-state index contributed by atoms with van der Waals surface area (Å²) in [6, 6.07) is 1.57. The molecular weight excluding hydrogens is 270 g/mol. The molecule has 102 valence electrons. The van der Waals surface area contributed by atoms with Gasteiger partial charge in [-0.3, -0.25) is 0 Å². The predicted octanol–water partition coefficient (Wildman–Crippen LogP) is 2.05. The maximum atomic E-state index is 12.5. The van der Waals surface area contributed by atoms with Crippen LogP contribution in [0.2, 0.25) is 0 Å². The van der Waals surface area contributed by atoms with Gasteiger partial charge >= 0.3 is 0 Å². The Morgan fingerprint density at radius 3 is 2.78 bits per heavy atom. The van der Waals surface area contributed by atoms with E-state index in [1.807, 2.05) is 0 Å². The van der Waals surface area contributed by atoms with Crippen molar-refractivity contribution in [1.29, 1.82) is 0 Å². The molecule has 1 fully saturated rings.